The molecule has 0 heterocycles. The number of hydrogen-bond acceptors (Lipinski definition) is 3. The van der Waals surface area contributed by atoms with Crippen LogP contribution in [0.25, 0.3) is 0 Å². The van der Waals surface area contributed by atoms with E-state index in [9.17, 15) is 4.79 Å². The van der Waals surface area contributed by atoms with Crippen molar-refractivity contribution in [3.63, 3.8) is 0 Å². The summed E-state index contributed by atoms with van der Waals surface area (Å²) in [7, 11) is 0. The number of nitrogen functional groups attached to an aromatic ring is 1. The van der Waals surface area contributed by atoms with Gasteiger partial charge < -0.3 is 11.1 Å². The molecule has 0 saturated carbocycles. The maximum Gasteiger partial charge on any atom is 0.234 e. The first kappa shape index (κ1) is 13.8. The lowest BCUT2D eigenvalue weighted by atomic mass is 10.3. The number of halogens is 1. The van der Waals surface area contributed by atoms with Crippen LogP contribution in [0.15, 0.2) is 53.4 Å². The Bertz CT molecular complexity index is 572. The largest absolute Gasteiger partial charge is 0.399 e. The van der Waals surface area contributed by atoms with Crippen LogP contribution in [-0.4, -0.2) is 11.7 Å². The number of anilines is 2. The van der Waals surface area contributed by atoms with Crippen molar-refractivity contribution in [2.24, 2.45) is 0 Å². The molecule has 98 valence electrons. The summed E-state index contributed by atoms with van der Waals surface area (Å²) in [6.45, 7) is 0. The quantitative estimate of drug-likeness (QED) is 0.668. The van der Waals surface area contributed by atoms with E-state index in [1.165, 1.54) is 11.8 Å². The van der Waals surface area contributed by atoms with Gasteiger partial charge in [0, 0.05) is 21.3 Å². The first-order chi connectivity index (χ1) is 9.13. The first-order valence-corrected chi connectivity index (χ1v) is 7.03. The molecule has 0 aliphatic carbocycles. The Kier molecular flexibility index (Phi) is 4.71. The van der Waals surface area contributed by atoms with Crippen molar-refractivity contribution in [2.75, 3.05) is 16.8 Å². The van der Waals surface area contributed by atoms with E-state index in [1.807, 2.05) is 24.3 Å². The zero-order chi connectivity index (χ0) is 13.7. The third-order valence-corrected chi connectivity index (χ3v) is 3.60. The maximum atomic E-state index is 11.8. The molecule has 0 saturated heterocycles. The molecule has 0 spiro atoms. The number of rotatable bonds is 4. The van der Waals surface area contributed by atoms with E-state index in [0.717, 1.165) is 10.6 Å². The van der Waals surface area contributed by atoms with Gasteiger partial charge in [-0.05, 0) is 42.5 Å². The SMILES string of the molecule is Nc1cccc(SCC(=O)Nc2ccc(Cl)cc2)c1. The lowest BCUT2D eigenvalue weighted by Crippen LogP contribution is -2.13. The van der Waals surface area contributed by atoms with Gasteiger partial charge in [-0.25, -0.2) is 0 Å². The molecular formula is C14H13ClN2OS. The van der Waals surface area contributed by atoms with Crippen molar-refractivity contribution in [3.8, 4) is 0 Å². The Balaban J connectivity index is 1.86. The summed E-state index contributed by atoms with van der Waals surface area (Å²) in [5.41, 5.74) is 7.11. The number of thioether (sulfide) groups is 1. The smallest absolute Gasteiger partial charge is 0.234 e. The molecule has 2 aromatic rings. The van der Waals surface area contributed by atoms with Gasteiger partial charge in [0.2, 0.25) is 5.91 Å². The van der Waals surface area contributed by atoms with Gasteiger partial charge >= 0.3 is 0 Å². The second-order valence-corrected chi connectivity index (χ2v) is 5.40. The number of carbonyl (C=O) groups excluding carboxylic acids is 1. The van der Waals surface area contributed by atoms with Gasteiger partial charge in [-0.15, -0.1) is 11.8 Å². The van der Waals surface area contributed by atoms with Crippen LogP contribution >= 0.6 is 23.4 Å². The summed E-state index contributed by atoms with van der Waals surface area (Å²) in [6.07, 6.45) is 0. The maximum absolute atomic E-state index is 11.8. The van der Waals surface area contributed by atoms with Gasteiger partial charge in [-0.1, -0.05) is 17.7 Å². The van der Waals surface area contributed by atoms with Crippen molar-refractivity contribution in [1.29, 1.82) is 0 Å². The third kappa shape index (κ3) is 4.50. The van der Waals surface area contributed by atoms with Crippen LogP contribution in [0.2, 0.25) is 5.02 Å². The molecule has 0 aromatic heterocycles. The number of nitrogens with one attached hydrogen (secondary N) is 1. The minimum Gasteiger partial charge on any atom is -0.399 e. The molecule has 3 nitrogen and oxygen atoms in total. The number of benzene rings is 2. The van der Waals surface area contributed by atoms with Crippen molar-refractivity contribution in [2.45, 2.75) is 4.90 Å². The molecule has 2 aromatic carbocycles. The summed E-state index contributed by atoms with van der Waals surface area (Å²) in [5.74, 6) is 0.279. The molecule has 0 radical (unpaired) electrons. The van der Waals surface area contributed by atoms with E-state index in [-0.39, 0.29) is 5.91 Å². The van der Waals surface area contributed by atoms with Gasteiger partial charge in [0.1, 0.15) is 0 Å². The molecule has 1 amide bonds. The Morgan fingerprint density at radius 3 is 2.63 bits per heavy atom. The molecule has 2 rings (SSSR count). The fourth-order valence-electron chi connectivity index (χ4n) is 1.48. The van der Waals surface area contributed by atoms with Crippen LogP contribution in [0.5, 0.6) is 0 Å². The minimum atomic E-state index is -0.0604. The van der Waals surface area contributed by atoms with E-state index < -0.39 is 0 Å². The standard InChI is InChI=1S/C14H13ClN2OS/c15-10-4-6-12(7-5-10)17-14(18)9-19-13-3-1-2-11(16)8-13/h1-8H,9,16H2,(H,17,18). The molecule has 5 heteroatoms. The van der Waals surface area contributed by atoms with Crippen LogP contribution in [0.4, 0.5) is 11.4 Å². The van der Waals surface area contributed by atoms with Crippen LogP contribution in [0, 0.1) is 0 Å². The van der Waals surface area contributed by atoms with Crippen LogP contribution in [-0.2, 0) is 4.79 Å². The van der Waals surface area contributed by atoms with Crippen LogP contribution in [0.3, 0.4) is 0 Å². The number of amides is 1. The van der Waals surface area contributed by atoms with Crippen LogP contribution in [0.1, 0.15) is 0 Å². The monoisotopic (exact) mass is 292 g/mol. The molecule has 0 aliphatic heterocycles. The fraction of sp³-hybridized carbons (Fsp3) is 0.0714. The Morgan fingerprint density at radius 2 is 1.95 bits per heavy atom. The van der Waals surface area contributed by atoms with Crippen LogP contribution < -0.4 is 11.1 Å². The highest BCUT2D eigenvalue weighted by atomic mass is 35.5. The summed E-state index contributed by atoms with van der Waals surface area (Å²) in [6, 6.07) is 14.5. The second-order valence-electron chi connectivity index (χ2n) is 3.92. The lowest BCUT2D eigenvalue weighted by Gasteiger charge is -2.05. The third-order valence-electron chi connectivity index (χ3n) is 2.36. The first-order valence-electron chi connectivity index (χ1n) is 5.67. The van der Waals surface area contributed by atoms with E-state index >= 15 is 0 Å². The molecule has 0 bridgehead atoms. The van der Waals surface area contributed by atoms with Crippen molar-refractivity contribution >= 4 is 40.6 Å². The molecule has 0 fully saturated rings. The van der Waals surface area contributed by atoms with E-state index in [2.05, 4.69) is 5.32 Å². The molecule has 19 heavy (non-hydrogen) atoms. The number of nitrogens with two attached hydrogens (primary N) is 1. The number of carbonyl (C=O) groups is 1. The fourth-order valence-corrected chi connectivity index (χ4v) is 2.37. The Hall–Kier alpha value is -1.65. The highest BCUT2D eigenvalue weighted by Gasteiger charge is 2.04. The zero-order valence-corrected chi connectivity index (χ0v) is 11.7. The topological polar surface area (TPSA) is 55.1 Å². The molecule has 0 aliphatic rings. The van der Waals surface area contributed by atoms with Crippen molar-refractivity contribution in [1.82, 2.24) is 0 Å². The summed E-state index contributed by atoms with van der Waals surface area (Å²) >= 11 is 7.22. The van der Waals surface area contributed by atoms with Gasteiger partial charge in [0.05, 0.1) is 5.75 Å². The van der Waals surface area contributed by atoms with E-state index in [1.54, 1.807) is 24.3 Å². The molecular weight excluding hydrogens is 280 g/mol. The van der Waals surface area contributed by atoms with Gasteiger partial charge in [-0.3, -0.25) is 4.79 Å². The lowest BCUT2D eigenvalue weighted by molar-refractivity contribution is -0.113. The second kappa shape index (κ2) is 6.50. The number of hydrogen-bond donors (Lipinski definition) is 2. The Morgan fingerprint density at radius 1 is 1.21 bits per heavy atom. The highest BCUT2D eigenvalue weighted by molar-refractivity contribution is 8.00. The predicted molar refractivity (Wildman–Crippen MR) is 81.7 cm³/mol. The summed E-state index contributed by atoms with van der Waals surface area (Å²) < 4.78 is 0. The van der Waals surface area contributed by atoms with Crippen molar-refractivity contribution in [3.05, 3.63) is 53.6 Å². The minimum absolute atomic E-state index is 0.0604. The van der Waals surface area contributed by atoms with Crippen molar-refractivity contribution < 1.29 is 4.79 Å². The normalized spacial score (nSPS) is 10.2. The highest BCUT2D eigenvalue weighted by Crippen LogP contribution is 2.20. The Labute approximate surface area is 121 Å². The summed E-state index contributed by atoms with van der Waals surface area (Å²) in [5, 5.41) is 3.45. The van der Waals surface area contributed by atoms with Gasteiger partial charge in [-0.2, -0.15) is 0 Å². The molecule has 0 unspecified atom stereocenters. The molecule has 3 N–H and O–H groups in total. The molecule has 0 atom stereocenters. The van der Waals surface area contributed by atoms with Gasteiger partial charge in [0.25, 0.3) is 0 Å². The van der Waals surface area contributed by atoms with E-state index in [0.29, 0.717) is 16.5 Å². The predicted octanol–water partition coefficient (Wildman–Crippen LogP) is 3.65. The van der Waals surface area contributed by atoms with Gasteiger partial charge in [0.15, 0.2) is 0 Å². The average molecular weight is 293 g/mol. The average Bonchev–Trinajstić information content (AvgIpc) is 2.39. The summed E-state index contributed by atoms with van der Waals surface area (Å²) in [4.78, 5) is 12.7. The van der Waals surface area contributed by atoms with E-state index in [4.69, 9.17) is 17.3 Å². The zero-order valence-electron chi connectivity index (χ0n) is 10.1.